The molecule has 6 nitrogen and oxygen atoms in total. The summed E-state index contributed by atoms with van der Waals surface area (Å²) < 4.78 is 1.93. The standard InChI is InChI=1S/C19H24Cl2N4O2/c1-11(2)10-25-13(4)15(12(3)24-25)8-18(26)22-9-19(27)23-17-7-14(20)5-6-16(17)21/h5-7,11H,8-10H2,1-4H3,(H,22,26)(H,23,27). The van der Waals surface area contributed by atoms with Crippen LogP contribution in [-0.2, 0) is 22.6 Å². The molecule has 0 saturated carbocycles. The first-order valence-corrected chi connectivity index (χ1v) is 9.47. The molecule has 2 aromatic rings. The van der Waals surface area contributed by atoms with Crippen molar-refractivity contribution in [1.82, 2.24) is 15.1 Å². The molecular formula is C19H24Cl2N4O2. The Balaban J connectivity index is 1.92. The number of amides is 2. The topological polar surface area (TPSA) is 76.0 Å². The van der Waals surface area contributed by atoms with E-state index in [0.29, 0.717) is 21.7 Å². The molecule has 0 atom stereocenters. The highest BCUT2D eigenvalue weighted by Crippen LogP contribution is 2.25. The summed E-state index contributed by atoms with van der Waals surface area (Å²) in [6.07, 6.45) is 0.182. The van der Waals surface area contributed by atoms with Crippen LogP contribution in [0.2, 0.25) is 10.0 Å². The number of carbonyl (C=O) groups is 2. The third-order valence-electron chi connectivity index (χ3n) is 4.06. The number of anilines is 1. The predicted molar refractivity (Wildman–Crippen MR) is 108 cm³/mol. The van der Waals surface area contributed by atoms with E-state index in [4.69, 9.17) is 23.2 Å². The summed E-state index contributed by atoms with van der Waals surface area (Å²) in [5.74, 6) is -0.152. The summed E-state index contributed by atoms with van der Waals surface area (Å²) in [5.41, 5.74) is 3.11. The molecule has 27 heavy (non-hydrogen) atoms. The van der Waals surface area contributed by atoms with Gasteiger partial charge in [0.25, 0.3) is 0 Å². The van der Waals surface area contributed by atoms with Crippen LogP contribution in [0, 0.1) is 19.8 Å². The van der Waals surface area contributed by atoms with Gasteiger partial charge in [-0.15, -0.1) is 0 Å². The normalized spacial score (nSPS) is 10.9. The van der Waals surface area contributed by atoms with Gasteiger partial charge in [-0.25, -0.2) is 0 Å². The van der Waals surface area contributed by atoms with Gasteiger partial charge in [0.2, 0.25) is 11.8 Å². The number of hydrogen-bond donors (Lipinski definition) is 2. The van der Waals surface area contributed by atoms with E-state index in [1.165, 1.54) is 0 Å². The van der Waals surface area contributed by atoms with E-state index in [1.54, 1.807) is 18.2 Å². The largest absolute Gasteiger partial charge is 0.347 e. The maximum atomic E-state index is 12.3. The van der Waals surface area contributed by atoms with Crippen LogP contribution in [0.25, 0.3) is 0 Å². The van der Waals surface area contributed by atoms with Crippen molar-refractivity contribution in [3.8, 4) is 0 Å². The minimum atomic E-state index is -0.378. The molecule has 2 N–H and O–H groups in total. The van der Waals surface area contributed by atoms with Crippen LogP contribution in [-0.4, -0.2) is 28.1 Å². The van der Waals surface area contributed by atoms with Crippen molar-refractivity contribution in [2.24, 2.45) is 5.92 Å². The van der Waals surface area contributed by atoms with Gasteiger partial charge >= 0.3 is 0 Å². The van der Waals surface area contributed by atoms with Crippen molar-refractivity contribution >= 4 is 40.7 Å². The van der Waals surface area contributed by atoms with Crippen molar-refractivity contribution in [2.45, 2.75) is 40.7 Å². The lowest BCUT2D eigenvalue weighted by atomic mass is 10.1. The number of hydrogen-bond acceptors (Lipinski definition) is 3. The van der Waals surface area contributed by atoms with Crippen molar-refractivity contribution in [3.63, 3.8) is 0 Å². The van der Waals surface area contributed by atoms with Crippen molar-refractivity contribution in [3.05, 3.63) is 45.2 Å². The SMILES string of the molecule is Cc1nn(CC(C)C)c(C)c1CC(=O)NCC(=O)Nc1cc(Cl)ccc1Cl. The molecule has 0 fully saturated rings. The maximum Gasteiger partial charge on any atom is 0.243 e. The first-order valence-electron chi connectivity index (χ1n) is 8.71. The molecular weight excluding hydrogens is 387 g/mol. The van der Waals surface area contributed by atoms with Crippen LogP contribution >= 0.6 is 23.2 Å². The van der Waals surface area contributed by atoms with E-state index in [9.17, 15) is 9.59 Å². The molecule has 146 valence electrons. The van der Waals surface area contributed by atoms with Crippen molar-refractivity contribution in [1.29, 1.82) is 0 Å². The van der Waals surface area contributed by atoms with Gasteiger partial charge < -0.3 is 10.6 Å². The molecule has 0 radical (unpaired) electrons. The molecule has 2 amide bonds. The molecule has 0 aliphatic carbocycles. The molecule has 0 saturated heterocycles. The average Bonchev–Trinajstić information content (AvgIpc) is 2.83. The minimum Gasteiger partial charge on any atom is -0.347 e. The van der Waals surface area contributed by atoms with E-state index < -0.39 is 0 Å². The van der Waals surface area contributed by atoms with E-state index in [2.05, 4.69) is 29.6 Å². The molecule has 0 spiro atoms. The van der Waals surface area contributed by atoms with Gasteiger partial charge in [-0.05, 0) is 38.0 Å². The van der Waals surface area contributed by atoms with Gasteiger partial charge in [-0.2, -0.15) is 5.10 Å². The van der Waals surface area contributed by atoms with Crippen LogP contribution in [0.3, 0.4) is 0 Å². The smallest absolute Gasteiger partial charge is 0.243 e. The summed E-state index contributed by atoms with van der Waals surface area (Å²) in [6, 6.07) is 4.78. The number of nitrogens with zero attached hydrogens (tertiary/aromatic N) is 2. The number of halogens is 2. The maximum absolute atomic E-state index is 12.3. The highest BCUT2D eigenvalue weighted by atomic mass is 35.5. The van der Waals surface area contributed by atoms with E-state index >= 15 is 0 Å². The Hall–Kier alpha value is -2.05. The van der Waals surface area contributed by atoms with E-state index in [1.807, 2.05) is 18.5 Å². The lowest BCUT2D eigenvalue weighted by Gasteiger charge is -2.10. The van der Waals surface area contributed by atoms with Crippen LogP contribution < -0.4 is 10.6 Å². The van der Waals surface area contributed by atoms with Crippen molar-refractivity contribution < 1.29 is 9.59 Å². The zero-order valence-corrected chi connectivity index (χ0v) is 17.4. The third-order valence-corrected chi connectivity index (χ3v) is 4.62. The third kappa shape index (κ3) is 5.97. The van der Waals surface area contributed by atoms with Gasteiger partial charge in [-0.1, -0.05) is 37.0 Å². The molecule has 0 unspecified atom stereocenters. The Bertz CT molecular complexity index is 846. The molecule has 1 heterocycles. The summed E-state index contributed by atoms with van der Waals surface area (Å²) >= 11 is 11.9. The molecule has 2 rings (SSSR count). The summed E-state index contributed by atoms with van der Waals surface area (Å²) in [6.45, 7) is 8.73. The molecule has 1 aromatic heterocycles. The highest BCUT2D eigenvalue weighted by molar-refractivity contribution is 6.35. The Morgan fingerprint density at radius 3 is 2.56 bits per heavy atom. The first kappa shape index (κ1) is 21.3. The zero-order chi connectivity index (χ0) is 20.1. The van der Waals surface area contributed by atoms with Gasteiger partial charge in [0.15, 0.2) is 0 Å². The van der Waals surface area contributed by atoms with Gasteiger partial charge in [-0.3, -0.25) is 14.3 Å². The highest BCUT2D eigenvalue weighted by Gasteiger charge is 2.16. The van der Waals surface area contributed by atoms with Crippen LogP contribution in [0.1, 0.15) is 30.8 Å². The van der Waals surface area contributed by atoms with Gasteiger partial charge in [0, 0.05) is 22.8 Å². The average molecular weight is 411 g/mol. The quantitative estimate of drug-likeness (QED) is 0.729. The molecule has 1 aromatic carbocycles. The fraction of sp³-hybridized carbons (Fsp3) is 0.421. The second-order valence-corrected chi connectivity index (χ2v) is 7.69. The molecule has 0 bridgehead atoms. The Morgan fingerprint density at radius 2 is 1.89 bits per heavy atom. The Kier molecular flexibility index (Phi) is 7.27. The Labute approximate surface area is 169 Å². The van der Waals surface area contributed by atoms with Crippen LogP contribution in [0.5, 0.6) is 0 Å². The fourth-order valence-corrected chi connectivity index (χ4v) is 3.04. The second kappa shape index (κ2) is 9.24. The number of rotatable bonds is 7. The minimum absolute atomic E-state index is 0.153. The molecule has 0 aliphatic rings. The Morgan fingerprint density at radius 1 is 1.19 bits per heavy atom. The van der Waals surface area contributed by atoms with Gasteiger partial charge in [0.1, 0.15) is 0 Å². The summed E-state index contributed by atoms with van der Waals surface area (Å²) in [4.78, 5) is 24.3. The molecule has 8 heteroatoms. The number of benzene rings is 1. The lowest BCUT2D eigenvalue weighted by molar-refractivity contribution is -0.123. The van der Waals surface area contributed by atoms with E-state index in [0.717, 1.165) is 23.5 Å². The second-order valence-electron chi connectivity index (χ2n) is 6.85. The van der Waals surface area contributed by atoms with Gasteiger partial charge in [0.05, 0.1) is 29.4 Å². The van der Waals surface area contributed by atoms with Crippen LogP contribution in [0.4, 0.5) is 5.69 Å². The zero-order valence-electron chi connectivity index (χ0n) is 15.9. The summed E-state index contributed by atoms with van der Waals surface area (Å²) in [7, 11) is 0. The lowest BCUT2D eigenvalue weighted by Crippen LogP contribution is -2.34. The summed E-state index contributed by atoms with van der Waals surface area (Å²) in [5, 5.41) is 10.6. The van der Waals surface area contributed by atoms with Crippen molar-refractivity contribution in [2.75, 3.05) is 11.9 Å². The molecule has 0 aliphatic heterocycles. The van der Waals surface area contributed by atoms with Crippen LogP contribution in [0.15, 0.2) is 18.2 Å². The number of nitrogens with one attached hydrogen (secondary N) is 2. The predicted octanol–water partition coefficient (Wildman–Crippen LogP) is 3.76. The van der Waals surface area contributed by atoms with E-state index in [-0.39, 0.29) is 24.8 Å². The monoisotopic (exact) mass is 410 g/mol. The number of aryl methyl sites for hydroxylation is 1. The number of aromatic nitrogens is 2. The first-order chi connectivity index (χ1) is 12.7. The number of carbonyl (C=O) groups excluding carboxylic acids is 2. The fourth-order valence-electron chi connectivity index (χ4n) is 2.70.